The molecule has 1 aliphatic carbocycles. The molecule has 2 atom stereocenters. The highest BCUT2D eigenvalue weighted by atomic mass is 16.5. The van der Waals surface area contributed by atoms with E-state index in [9.17, 15) is 9.90 Å². The van der Waals surface area contributed by atoms with E-state index in [4.69, 9.17) is 9.72 Å². The molecular formula is C25H30N8O3. The standard InChI is InChI=1S/C25H30N8O3/c1-26-22-13-20(29-24-17(14-28-33(22)24)25(35)30-19-4-5-21(19)34)18-15-32(23-16(18)3-2-6-27-23)8-7-31-9-11-36-12-10-31/h2-3,6,13-15,19,21,26,34H,4-5,7-12H2,1H3,(H,30,35)/t19?,21-/m1/s1. The van der Waals surface area contributed by atoms with Crippen molar-refractivity contribution in [2.75, 3.05) is 45.2 Å². The Labute approximate surface area is 208 Å². The summed E-state index contributed by atoms with van der Waals surface area (Å²) in [4.78, 5) is 25.0. The Balaban J connectivity index is 1.37. The van der Waals surface area contributed by atoms with Crippen molar-refractivity contribution >= 4 is 28.4 Å². The Hall–Kier alpha value is -3.54. The molecular weight excluding hydrogens is 460 g/mol. The molecule has 4 aromatic heterocycles. The zero-order valence-electron chi connectivity index (χ0n) is 20.2. The lowest BCUT2D eigenvalue weighted by Gasteiger charge is -2.32. The molecule has 1 saturated heterocycles. The summed E-state index contributed by atoms with van der Waals surface area (Å²) in [5.74, 6) is 0.436. The number of hydrogen-bond donors (Lipinski definition) is 3. The molecule has 0 bridgehead atoms. The minimum Gasteiger partial charge on any atom is -0.391 e. The first-order valence-corrected chi connectivity index (χ1v) is 12.4. The number of pyridine rings is 1. The van der Waals surface area contributed by atoms with E-state index in [-0.39, 0.29) is 11.9 Å². The van der Waals surface area contributed by atoms with Crippen LogP contribution in [0.4, 0.5) is 5.82 Å². The predicted octanol–water partition coefficient (Wildman–Crippen LogP) is 1.37. The maximum Gasteiger partial charge on any atom is 0.257 e. The van der Waals surface area contributed by atoms with Crippen molar-refractivity contribution in [3.05, 3.63) is 42.4 Å². The van der Waals surface area contributed by atoms with Crippen LogP contribution in [0.5, 0.6) is 0 Å². The van der Waals surface area contributed by atoms with Gasteiger partial charge in [-0.15, -0.1) is 0 Å². The van der Waals surface area contributed by atoms with E-state index < -0.39 is 6.10 Å². The number of aliphatic hydroxyl groups excluding tert-OH is 1. The lowest BCUT2D eigenvalue weighted by atomic mass is 9.89. The number of morpholine rings is 1. The van der Waals surface area contributed by atoms with Gasteiger partial charge in [-0.2, -0.15) is 9.61 Å². The Morgan fingerprint density at radius 3 is 2.83 bits per heavy atom. The monoisotopic (exact) mass is 490 g/mol. The topological polar surface area (TPSA) is 122 Å². The van der Waals surface area contributed by atoms with E-state index in [1.54, 1.807) is 10.7 Å². The zero-order valence-corrected chi connectivity index (χ0v) is 20.2. The second-order valence-corrected chi connectivity index (χ2v) is 9.36. The number of carbonyl (C=O) groups is 1. The maximum absolute atomic E-state index is 13.0. The average molecular weight is 491 g/mol. The fourth-order valence-corrected chi connectivity index (χ4v) is 4.91. The molecule has 0 radical (unpaired) electrons. The van der Waals surface area contributed by atoms with Crippen molar-refractivity contribution in [3.8, 4) is 11.3 Å². The second kappa shape index (κ2) is 9.49. The van der Waals surface area contributed by atoms with E-state index in [1.807, 2.05) is 19.2 Å². The van der Waals surface area contributed by atoms with Crippen LogP contribution in [0.15, 0.2) is 36.8 Å². The van der Waals surface area contributed by atoms with Crippen molar-refractivity contribution in [1.29, 1.82) is 0 Å². The van der Waals surface area contributed by atoms with Gasteiger partial charge in [-0.3, -0.25) is 9.69 Å². The summed E-state index contributed by atoms with van der Waals surface area (Å²) in [5.41, 5.74) is 3.41. The minimum absolute atomic E-state index is 0.227. The molecule has 2 aliphatic rings. The van der Waals surface area contributed by atoms with Gasteiger partial charge in [-0.25, -0.2) is 9.97 Å². The molecule has 2 fully saturated rings. The van der Waals surface area contributed by atoms with E-state index >= 15 is 0 Å². The van der Waals surface area contributed by atoms with Gasteiger partial charge in [0.25, 0.3) is 5.91 Å². The molecule has 1 saturated carbocycles. The Morgan fingerprint density at radius 2 is 2.08 bits per heavy atom. The van der Waals surface area contributed by atoms with Crippen LogP contribution in [0, 0.1) is 0 Å². The van der Waals surface area contributed by atoms with Crippen molar-refractivity contribution in [3.63, 3.8) is 0 Å². The highest BCUT2D eigenvalue weighted by molar-refractivity contribution is 6.01. The van der Waals surface area contributed by atoms with Crippen molar-refractivity contribution < 1.29 is 14.6 Å². The number of nitrogens with zero attached hydrogens (tertiary/aromatic N) is 6. The number of aromatic nitrogens is 5. The van der Waals surface area contributed by atoms with Crippen LogP contribution < -0.4 is 10.6 Å². The van der Waals surface area contributed by atoms with Crippen LogP contribution in [0.3, 0.4) is 0 Å². The number of aliphatic hydroxyl groups is 1. The molecule has 3 N–H and O–H groups in total. The van der Waals surface area contributed by atoms with Crippen LogP contribution in [0.2, 0.25) is 0 Å². The van der Waals surface area contributed by atoms with Gasteiger partial charge in [0, 0.05) is 62.6 Å². The Morgan fingerprint density at radius 1 is 1.22 bits per heavy atom. The van der Waals surface area contributed by atoms with Gasteiger partial charge >= 0.3 is 0 Å². The summed E-state index contributed by atoms with van der Waals surface area (Å²) < 4.78 is 9.28. The first-order valence-electron chi connectivity index (χ1n) is 12.4. The van der Waals surface area contributed by atoms with Gasteiger partial charge in [0.05, 0.1) is 37.3 Å². The van der Waals surface area contributed by atoms with Gasteiger partial charge in [-0.1, -0.05) is 0 Å². The smallest absolute Gasteiger partial charge is 0.257 e. The van der Waals surface area contributed by atoms with Gasteiger partial charge in [-0.05, 0) is 25.0 Å². The highest BCUT2D eigenvalue weighted by Gasteiger charge is 2.31. The molecule has 5 heterocycles. The minimum atomic E-state index is -0.497. The summed E-state index contributed by atoms with van der Waals surface area (Å²) in [6.45, 7) is 5.14. The predicted molar refractivity (Wildman–Crippen MR) is 135 cm³/mol. The van der Waals surface area contributed by atoms with Crippen molar-refractivity contribution in [2.45, 2.75) is 31.5 Å². The molecule has 1 unspecified atom stereocenters. The number of amides is 1. The molecule has 4 aromatic rings. The summed E-state index contributed by atoms with van der Waals surface area (Å²) in [5, 5.41) is 21.4. The molecule has 0 aromatic carbocycles. The fraction of sp³-hybridized carbons (Fsp3) is 0.440. The van der Waals surface area contributed by atoms with Gasteiger partial charge in [0.2, 0.25) is 0 Å². The highest BCUT2D eigenvalue weighted by Crippen LogP contribution is 2.31. The first kappa shape index (κ1) is 22.9. The average Bonchev–Trinajstić information content (AvgIpc) is 3.51. The number of hydrogen-bond acceptors (Lipinski definition) is 8. The third-order valence-electron chi connectivity index (χ3n) is 7.20. The molecule has 36 heavy (non-hydrogen) atoms. The maximum atomic E-state index is 13.0. The normalized spacial score (nSPS) is 20.5. The summed E-state index contributed by atoms with van der Waals surface area (Å²) in [6.07, 6.45) is 6.40. The number of nitrogens with one attached hydrogen (secondary N) is 2. The Kier molecular flexibility index (Phi) is 6.04. The quantitative estimate of drug-likeness (QED) is 0.355. The van der Waals surface area contributed by atoms with Crippen molar-refractivity contribution in [1.82, 2.24) is 34.4 Å². The lowest BCUT2D eigenvalue weighted by molar-refractivity contribution is 0.0365. The SMILES string of the molecule is CNc1cc(-c2cn(CCN3CCOCC3)c3ncccc23)nc2c(C(=O)NC3CC[C@H]3O)cnn12. The zero-order chi connectivity index (χ0) is 24.6. The van der Waals surface area contributed by atoms with Crippen molar-refractivity contribution in [2.24, 2.45) is 0 Å². The number of ether oxygens (including phenoxy) is 1. The molecule has 188 valence electrons. The van der Waals surface area contributed by atoms with Crippen LogP contribution >= 0.6 is 0 Å². The van der Waals surface area contributed by atoms with Gasteiger partial charge in [0.15, 0.2) is 5.65 Å². The third-order valence-corrected chi connectivity index (χ3v) is 7.20. The molecule has 11 nitrogen and oxygen atoms in total. The Bertz CT molecular complexity index is 1410. The third kappa shape index (κ3) is 4.08. The molecule has 6 rings (SSSR count). The van der Waals surface area contributed by atoms with E-state index in [0.29, 0.717) is 17.6 Å². The first-order chi connectivity index (χ1) is 17.6. The fourth-order valence-electron chi connectivity index (χ4n) is 4.91. The molecule has 1 amide bonds. The number of carbonyl (C=O) groups excluding carboxylic acids is 1. The molecule has 0 spiro atoms. The van der Waals surface area contributed by atoms with Crippen LogP contribution in [0.25, 0.3) is 27.9 Å². The number of rotatable bonds is 7. The van der Waals surface area contributed by atoms with Gasteiger partial charge < -0.3 is 25.0 Å². The lowest BCUT2D eigenvalue weighted by Crippen LogP contribution is -2.50. The van der Waals surface area contributed by atoms with Crippen LogP contribution in [-0.4, -0.2) is 92.1 Å². The molecule has 11 heteroatoms. The second-order valence-electron chi connectivity index (χ2n) is 9.36. The van der Waals surface area contributed by atoms with E-state index in [1.165, 1.54) is 6.20 Å². The van der Waals surface area contributed by atoms with E-state index in [0.717, 1.165) is 73.9 Å². The van der Waals surface area contributed by atoms with Crippen LogP contribution in [0.1, 0.15) is 23.2 Å². The summed E-state index contributed by atoms with van der Waals surface area (Å²) in [6, 6.07) is 5.69. The van der Waals surface area contributed by atoms with Crippen LogP contribution in [-0.2, 0) is 11.3 Å². The van der Waals surface area contributed by atoms with E-state index in [2.05, 4.69) is 42.4 Å². The number of fused-ring (bicyclic) bond motifs is 2. The summed E-state index contributed by atoms with van der Waals surface area (Å²) in [7, 11) is 1.82. The largest absolute Gasteiger partial charge is 0.391 e. The number of anilines is 1. The summed E-state index contributed by atoms with van der Waals surface area (Å²) >= 11 is 0. The molecule has 1 aliphatic heterocycles. The van der Waals surface area contributed by atoms with Gasteiger partial charge in [0.1, 0.15) is 17.0 Å².